The zero-order valence-electron chi connectivity index (χ0n) is 15.8. The standard InChI is InChI=1S/C18H22F2N2O5/c1-17(2,3)27-16(25)21-12-7-13-11(6-10(12)14(23)26-5)18(8-19,9-20)15(24)22(13)4/h6-7H,8-9H2,1-5H3,(H,21,25). The Balaban J connectivity index is 2.59. The van der Waals surface area contributed by atoms with Crippen LogP contribution in [-0.4, -0.2) is 51.1 Å². The van der Waals surface area contributed by atoms with Crippen LogP contribution < -0.4 is 10.2 Å². The molecule has 0 bridgehead atoms. The van der Waals surface area contributed by atoms with Crippen molar-refractivity contribution in [3.05, 3.63) is 23.3 Å². The highest BCUT2D eigenvalue weighted by atomic mass is 19.1. The smallest absolute Gasteiger partial charge is 0.412 e. The third-order valence-electron chi connectivity index (χ3n) is 4.22. The number of hydrogen-bond donors (Lipinski definition) is 1. The molecule has 0 fully saturated rings. The van der Waals surface area contributed by atoms with Crippen molar-refractivity contribution < 1.29 is 32.6 Å². The molecule has 148 valence electrons. The molecule has 0 saturated carbocycles. The largest absolute Gasteiger partial charge is 0.465 e. The van der Waals surface area contributed by atoms with Crippen molar-refractivity contribution in [3.63, 3.8) is 0 Å². The van der Waals surface area contributed by atoms with E-state index in [1.807, 2.05) is 0 Å². The van der Waals surface area contributed by atoms with Crippen molar-refractivity contribution in [2.24, 2.45) is 0 Å². The fourth-order valence-corrected chi connectivity index (χ4v) is 2.88. The Bertz CT molecular complexity index is 785. The number of halogens is 2. The molecule has 2 rings (SSSR count). The van der Waals surface area contributed by atoms with Gasteiger partial charge in [-0.3, -0.25) is 10.1 Å². The van der Waals surface area contributed by atoms with Crippen LogP contribution >= 0.6 is 0 Å². The first-order valence-electron chi connectivity index (χ1n) is 8.17. The van der Waals surface area contributed by atoms with E-state index in [2.05, 4.69) is 5.32 Å². The summed E-state index contributed by atoms with van der Waals surface area (Å²) in [6.45, 7) is 2.47. The molecular formula is C18H22F2N2O5. The summed E-state index contributed by atoms with van der Waals surface area (Å²) in [5, 5.41) is 2.42. The molecule has 0 aromatic heterocycles. The number of nitrogens with zero attached hydrogens (tertiary/aromatic N) is 1. The van der Waals surface area contributed by atoms with Gasteiger partial charge >= 0.3 is 12.1 Å². The highest BCUT2D eigenvalue weighted by molar-refractivity contribution is 6.11. The summed E-state index contributed by atoms with van der Waals surface area (Å²) < 4.78 is 37.2. The van der Waals surface area contributed by atoms with Gasteiger partial charge in [0.05, 0.1) is 18.4 Å². The second kappa shape index (κ2) is 7.13. The molecule has 0 saturated heterocycles. The molecule has 0 radical (unpaired) electrons. The van der Waals surface area contributed by atoms with E-state index in [9.17, 15) is 23.2 Å². The summed E-state index contributed by atoms with van der Waals surface area (Å²) in [6.07, 6.45) is -0.832. The quantitative estimate of drug-likeness (QED) is 0.807. The van der Waals surface area contributed by atoms with Gasteiger partial charge in [0, 0.05) is 12.7 Å². The van der Waals surface area contributed by atoms with Gasteiger partial charge in [-0.25, -0.2) is 18.4 Å². The second-order valence-electron chi connectivity index (χ2n) is 7.25. The van der Waals surface area contributed by atoms with Crippen molar-refractivity contribution in [2.45, 2.75) is 31.8 Å². The summed E-state index contributed by atoms with van der Waals surface area (Å²) in [5.41, 5.74) is -2.72. The van der Waals surface area contributed by atoms with Crippen LogP contribution in [0.4, 0.5) is 25.0 Å². The van der Waals surface area contributed by atoms with Gasteiger partial charge in [-0.2, -0.15) is 0 Å². The fourth-order valence-electron chi connectivity index (χ4n) is 2.88. The molecule has 9 heteroatoms. The maximum atomic E-state index is 13.7. The highest BCUT2D eigenvalue weighted by Crippen LogP contribution is 2.44. The first kappa shape index (κ1) is 20.6. The first-order chi connectivity index (χ1) is 12.5. The zero-order valence-corrected chi connectivity index (χ0v) is 15.8. The maximum absolute atomic E-state index is 13.7. The van der Waals surface area contributed by atoms with Crippen LogP contribution in [-0.2, 0) is 19.7 Å². The number of carbonyl (C=O) groups is 3. The molecule has 2 amide bonds. The molecule has 0 atom stereocenters. The second-order valence-corrected chi connectivity index (χ2v) is 7.25. The zero-order chi connectivity index (χ0) is 20.6. The number of rotatable bonds is 4. The lowest BCUT2D eigenvalue weighted by molar-refractivity contribution is -0.124. The summed E-state index contributed by atoms with van der Waals surface area (Å²) in [5.74, 6) is -1.61. The Labute approximate surface area is 155 Å². The number of benzene rings is 1. The first-order valence-corrected chi connectivity index (χ1v) is 8.17. The number of methoxy groups -OCH3 is 1. The molecule has 0 unspecified atom stereocenters. The minimum absolute atomic E-state index is 0.00279. The molecule has 27 heavy (non-hydrogen) atoms. The van der Waals surface area contributed by atoms with E-state index in [1.165, 1.54) is 19.2 Å². The Morgan fingerprint density at radius 3 is 2.30 bits per heavy atom. The lowest BCUT2D eigenvalue weighted by Crippen LogP contribution is -2.42. The molecule has 1 aliphatic heterocycles. The van der Waals surface area contributed by atoms with Gasteiger partial charge in [0.15, 0.2) is 0 Å². The van der Waals surface area contributed by atoms with Gasteiger partial charge in [-0.1, -0.05) is 0 Å². The molecule has 1 heterocycles. The van der Waals surface area contributed by atoms with Crippen LogP contribution in [0.2, 0.25) is 0 Å². The van der Waals surface area contributed by atoms with Crippen LogP contribution in [0.15, 0.2) is 12.1 Å². The van der Waals surface area contributed by atoms with Crippen LogP contribution in [0.1, 0.15) is 36.7 Å². The third kappa shape index (κ3) is 3.58. The van der Waals surface area contributed by atoms with Gasteiger partial charge in [-0.05, 0) is 38.5 Å². The van der Waals surface area contributed by atoms with E-state index in [0.29, 0.717) is 0 Å². The van der Waals surface area contributed by atoms with E-state index < -0.39 is 42.3 Å². The van der Waals surface area contributed by atoms with Crippen molar-refractivity contribution in [2.75, 3.05) is 37.7 Å². The minimum Gasteiger partial charge on any atom is -0.465 e. The van der Waals surface area contributed by atoms with E-state index in [4.69, 9.17) is 9.47 Å². The molecule has 0 aliphatic carbocycles. The molecular weight excluding hydrogens is 362 g/mol. The SMILES string of the molecule is COC(=O)c1cc2c(cc1NC(=O)OC(C)(C)C)N(C)C(=O)C2(CF)CF. The summed E-state index contributed by atoms with van der Waals surface area (Å²) in [6, 6.07) is 2.48. The number of likely N-dealkylation sites (N-methyl/N-ethyl adjacent to an activating group) is 1. The molecule has 7 nitrogen and oxygen atoms in total. The molecule has 1 aromatic rings. The van der Waals surface area contributed by atoms with Crippen LogP contribution in [0.3, 0.4) is 0 Å². The van der Waals surface area contributed by atoms with Crippen LogP contribution in [0.5, 0.6) is 0 Å². The number of nitrogens with one attached hydrogen (secondary N) is 1. The van der Waals surface area contributed by atoms with Crippen LogP contribution in [0.25, 0.3) is 0 Å². The highest BCUT2D eigenvalue weighted by Gasteiger charge is 2.51. The topological polar surface area (TPSA) is 84.9 Å². The van der Waals surface area contributed by atoms with Gasteiger partial charge in [-0.15, -0.1) is 0 Å². The van der Waals surface area contributed by atoms with Gasteiger partial charge in [0.1, 0.15) is 24.4 Å². The lowest BCUT2D eigenvalue weighted by atomic mass is 9.83. The third-order valence-corrected chi connectivity index (χ3v) is 4.22. The fraction of sp³-hybridized carbons (Fsp3) is 0.500. The van der Waals surface area contributed by atoms with E-state index in [0.717, 1.165) is 12.0 Å². The Morgan fingerprint density at radius 1 is 1.22 bits per heavy atom. The van der Waals surface area contributed by atoms with Gasteiger partial charge in [0.25, 0.3) is 0 Å². The average Bonchev–Trinajstić information content (AvgIpc) is 2.79. The number of ether oxygens (including phenoxy) is 2. The summed E-state index contributed by atoms with van der Waals surface area (Å²) in [7, 11) is 2.49. The molecule has 1 N–H and O–H groups in total. The van der Waals surface area contributed by atoms with Gasteiger partial charge < -0.3 is 14.4 Å². The van der Waals surface area contributed by atoms with Crippen molar-refractivity contribution in [1.29, 1.82) is 0 Å². The number of amides is 2. The predicted octanol–water partition coefficient (Wildman–Crippen LogP) is 2.97. The maximum Gasteiger partial charge on any atom is 0.412 e. The Kier molecular flexibility index (Phi) is 5.44. The summed E-state index contributed by atoms with van der Waals surface area (Å²) in [4.78, 5) is 37.8. The number of fused-ring (bicyclic) bond motifs is 1. The molecule has 1 aromatic carbocycles. The number of carbonyl (C=O) groups excluding carboxylic acids is 3. The van der Waals surface area contributed by atoms with E-state index >= 15 is 0 Å². The van der Waals surface area contributed by atoms with Crippen molar-refractivity contribution in [1.82, 2.24) is 0 Å². The lowest BCUT2D eigenvalue weighted by Gasteiger charge is -2.22. The van der Waals surface area contributed by atoms with Crippen LogP contribution in [0, 0.1) is 0 Å². The Morgan fingerprint density at radius 2 is 1.81 bits per heavy atom. The Hall–Kier alpha value is -2.71. The van der Waals surface area contributed by atoms with Gasteiger partial charge in [0.2, 0.25) is 5.91 Å². The number of esters is 1. The number of anilines is 2. The minimum atomic E-state index is -2.02. The van der Waals surface area contributed by atoms with E-state index in [1.54, 1.807) is 20.8 Å². The monoisotopic (exact) mass is 384 g/mol. The molecule has 1 aliphatic rings. The molecule has 0 spiro atoms. The number of alkyl halides is 2. The normalized spacial score (nSPS) is 15.4. The van der Waals surface area contributed by atoms with Crippen molar-refractivity contribution >= 4 is 29.3 Å². The summed E-state index contributed by atoms with van der Waals surface area (Å²) >= 11 is 0. The average molecular weight is 384 g/mol. The van der Waals surface area contributed by atoms with E-state index in [-0.39, 0.29) is 22.5 Å². The predicted molar refractivity (Wildman–Crippen MR) is 94.7 cm³/mol. The number of hydrogen-bond acceptors (Lipinski definition) is 5. The van der Waals surface area contributed by atoms with Crippen molar-refractivity contribution in [3.8, 4) is 0 Å².